The number of nitrogens with one attached hydrogen (secondary N) is 1. The number of benzene rings is 1. The molecule has 0 aliphatic carbocycles. The molecule has 1 aromatic rings. The Morgan fingerprint density at radius 3 is 2.95 bits per heavy atom. The molecule has 0 spiro atoms. The third kappa shape index (κ3) is 5.63. The van der Waals surface area contributed by atoms with Crippen LogP contribution in [0, 0.1) is 17.0 Å². The molecule has 5 heteroatoms. The van der Waals surface area contributed by atoms with Crippen molar-refractivity contribution in [3.8, 4) is 0 Å². The lowest BCUT2D eigenvalue weighted by Crippen LogP contribution is -2.19. The Kier molecular flexibility index (Phi) is 6.78. The molecule has 0 saturated carbocycles. The van der Waals surface area contributed by atoms with Crippen molar-refractivity contribution < 1.29 is 9.66 Å². The molecule has 0 unspecified atom stereocenters. The number of rotatable bonds is 9. The van der Waals surface area contributed by atoms with Crippen molar-refractivity contribution in [3.05, 3.63) is 52.1 Å². The first-order chi connectivity index (χ1) is 9.15. The number of nitrogens with zero attached hydrogens (tertiary/aromatic N) is 1. The van der Waals surface area contributed by atoms with Gasteiger partial charge in [0.1, 0.15) is 0 Å². The Morgan fingerprint density at radius 1 is 1.47 bits per heavy atom. The van der Waals surface area contributed by atoms with Crippen molar-refractivity contribution in [2.75, 3.05) is 19.8 Å². The lowest BCUT2D eigenvalue weighted by molar-refractivity contribution is -0.385. The van der Waals surface area contributed by atoms with Gasteiger partial charge in [0, 0.05) is 24.7 Å². The fourth-order valence-electron chi connectivity index (χ4n) is 1.61. The van der Waals surface area contributed by atoms with Crippen LogP contribution in [0.4, 0.5) is 5.69 Å². The molecule has 0 aliphatic heterocycles. The van der Waals surface area contributed by atoms with Gasteiger partial charge < -0.3 is 10.1 Å². The summed E-state index contributed by atoms with van der Waals surface area (Å²) in [5.41, 5.74) is 1.76. The molecule has 0 saturated heterocycles. The van der Waals surface area contributed by atoms with Gasteiger partial charge in [0.25, 0.3) is 5.69 Å². The second-order valence-electron chi connectivity index (χ2n) is 4.24. The Hall–Kier alpha value is -1.72. The minimum Gasteiger partial charge on any atom is -0.380 e. The van der Waals surface area contributed by atoms with Crippen LogP contribution < -0.4 is 5.32 Å². The molecule has 1 N–H and O–H groups in total. The van der Waals surface area contributed by atoms with Gasteiger partial charge in [0.15, 0.2) is 0 Å². The highest BCUT2D eigenvalue weighted by Gasteiger charge is 2.10. The zero-order valence-electron chi connectivity index (χ0n) is 11.2. The van der Waals surface area contributed by atoms with Crippen molar-refractivity contribution >= 4 is 5.69 Å². The van der Waals surface area contributed by atoms with Crippen LogP contribution in [0.5, 0.6) is 0 Å². The summed E-state index contributed by atoms with van der Waals surface area (Å²) < 4.78 is 5.35. The lowest BCUT2D eigenvalue weighted by Gasteiger charge is -2.06. The van der Waals surface area contributed by atoms with Gasteiger partial charge in [-0.25, -0.2) is 0 Å². The van der Waals surface area contributed by atoms with E-state index in [4.69, 9.17) is 4.74 Å². The highest BCUT2D eigenvalue weighted by atomic mass is 16.6. The molecule has 19 heavy (non-hydrogen) atoms. The van der Waals surface area contributed by atoms with Gasteiger partial charge >= 0.3 is 0 Å². The number of hydrogen-bond acceptors (Lipinski definition) is 4. The second-order valence-corrected chi connectivity index (χ2v) is 4.24. The molecule has 0 amide bonds. The average Bonchev–Trinajstić information content (AvgIpc) is 2.39. The maximum absolute atomic E-state index is 10.8. The zero-order valence-corrected chi connectivity index (χ0v) is 11.2. The van der Waals surface area contributed by atoms with Crippen molar-refractivity contribution in [1.82, 2.24) is 5.32 Å². The third-order valence-electron chi connectivity index (χ3n) is 2.69. The third-order valence-corrected chi connectivity index (χ3v) is 2.69. The van der Waals surface area contributed by atoms with E-state index in [-0.39, 0.29) is 10.6 Å². The quantitative estimate of drug-likeness (QED) is 0.322. The van der Waals surface area contributed by atoms with Gasteiger partial charge in [0.05, 0.1) is 18.1 Å². The van der Waals surface area contributed by atoms with E-state index in [0.717, 1.165) is 18.5 Å². The van der Waals surface area contributed by atoms with Gasteiger partial charge in [-0.2, -0.15) is 0 Å². The summed E-state index contributed by atoms with van der Waals surface area (Å²) in [7, 11) is 0. The minimum atomic E-state index is -0.350. The number of hydrogen-bond donors (Lipinski definition) is 1. The highest BCUT2D eigenvalue weighted by molar-refractivity contribution is 5.42. The van der Waals surface area contributed by atoms with Crippen LogP contribution in [0.15, 0.2) is 30.9 Å². The van der Waals surface area contributed by atoms with E-state index in [1.54, 1.807) is 19.1 Å². The molecule has 5 nitrogen and oxygen atoms in total. The Bertz CT molecular complexity index is 433. The smallest absolute Gasteiger partial charge is 0.272 e. The summed E-state index contributed by atoms with van der Waals surface area (Å²) in [6, 6.07) is 5.28. The maximum Gasteiger partial charge on any atom is 0.272 e. The zero-order chi connectivity index (χ0) is 14.1. The molecular formula is C14H20N2O3. The minimum absolute atomic E-state index is 0.168. The van der Waals surface area contributed by atoms with Crippen LogP contribution in [0.1, 0.15) is 17.5 Å². The van der Waals surface area contributed by atoms with E-state index in [1.807, 2.05) is 12.1 Å². The molecule has 0 radical (unpaired) electrons. The first kappa shape index (κ1) is 15.3. The molecule has 104 valence electrons. The highest BCUT2D eigenvalue weighted by Crippen LogP contribution is 2.18. The number of nitro benzene ring substituents is 1. The normalized spacial score (nSPS) is 10.4. The SMILES string of the molecule is C=CCCOCCNCc1ccc(C)c([N+](=O)[O-])c1. The fraction of sp³-hybridized carbons (Fsp3) is 0.429. The van der Waals surface area contributed by atoms with Crippen LogP contribution in [0.3, 0.4) is 0 Å². The van der Waals surface area contributed by atoms with Gasteiger partial charge in [-0.1, -0.05) is 18.2 Å². The van der Waals surface area contributed by atoms with Crippen LogP contribution in [0.2, 0.25) is 0 Å². The molecule has 1 rings (SSSR count). The largest absolute Gasteiger partial charge is 0.380 e. The molecular weight excluding hydrogens is 244 g/mol. The molecule has 0 bridgehead atoms. The van der Waals surface area contributed by atoms with Gasteiger partial charge in [-0.05, 0) is 18.9 Å². The molecule has 0 fully saturated rings. The summed E-state index contributed by atoms with van der Waals surface area (Å²) in [5, 5.41) is 14.0. The van der Waals surface area contributed by atoms with Crippen molar-refractivity contribution in [2.45, 2.75) is 19.9 Å². The van der Waals surface area contributed by atoms with Gasteiger partial charge in [-0.15, -0.1) is 6.58 Å². The Morgan fingerprint density at radius 2 is 2.26 bits per heavy atom. The standard InChI is InChI=1S/C14H20N2O3/c1-3-4-8-19-9-7-15-11-13-6-5-12(2)14(10-13)16(17)18/h3,5-6,10,15H,1,4,7-9,11H2,2H3. The number of ether oxygens (including phenoxy) is 1. The summed E-state index contributed by atoms with van der Waals surface area (Å²) in [5.74, 6) is 0. The van der Waals surface area contributed by atoms with Crippen LogP contribution >= 0.6 is 0 Å². The maximum atomic E-state index is 10.8. The number of nitro groups is 1. The average molecular weight is 264 g/mol. The van der Waals surface area contributed by atoms with Crippen LogP contribution in [0.25, 0.3) is 0 Å². The van der Waals surface area contributed by atoms with E-state index < -0.39 is 0 Å². The van der Waals surface area contributed by atoms with E-state index in [2.05, 4.69) is 11.9 Å². The summed E-state index contributed by atoms with van der Waals surface area (Å²) in [6.07, 6.45) is 2.67. The van der Waals surface area contributed by atoms with E-state index in [0.29, 0.717) is 25.3 Å². The van der Waals surface area contributed by atoms with Gasteiger partial charge in [-0.3, -0.25) is 10.1 Å². The topological polar surface area (TPSA) is 64.4 Å². The lowest BCUT2D eigenvalue weighted by atomic mass is 10.1. The summed E-state index contributed by atoms with van der Waals surface area (Å²) >= 11 is 0. The van der Waals surface area contributed by atoms with Crippen molar-refractivity contribution in [1.29, 1.82) is 0 Å². The van der Waals surface area contributed by atoms with Gasteiger partial charge in [0.2, 0.25) is 0 Å². The molecule has 0 aromatic heterocycles. The number of aryl methyl sites for hydroxylation is 1. The van der Waals surface area contributed by atoms with Crippen molar-refractivity contribution in [2.24, 2.45) is 0 Å². The van der Waals surface area contributed by atoms with Crippen LogP contribution in [-0.4, -0.2) is 24.7 Å². The van der Waals surface area contributed by atoms with E-state index in [9.17, 15) is 10.1 Å². The molecule has 1 aromatic carbocycles. The first-order valence-corrected chi connectivity index (χ1v) is 6.28. The summed E-state index contributed by atoms with van der Waals surface area (Å²) in [6.45, 7) is 7.98. The predicted octanol–water partition coefficient (Wildman–Crippen LogP) is 2.59. The molecule has 0 heterocycles. The second kappa shape index (κ2) is 8.39. The Labute approximate surface area is 113 Å². The Balaban J connectivity index is 2.31. The van der Waals surface area contributed by atoms with Crippen LogP contribution in [-0.2, 0) is 11.3 Å². The molecule has 0 aliphatic rings. The van der Waals surface area contributed by atoms with E-state index >= 15 is 0 Å². The molecule has 0 atom stereocenters. The monoisotopic (exact) mass is 264 g/mol. The summed E-state index contributed by atoms with van der Waals surface area (Å²) in [4.78, 5) is 10.5. The van der Waals surface area contributed by atoms with E-state index in [1.165, 1.54) is 0 Å². The predicted molar refractivity (Wildman–Crippen MR) is 75.2 cm³/mol. The fourth-order valence-corrected chi connectivity index (χ4v) is 1.61. The first-order valence-electron chi connectivity index (χ1n) is 6.28. The van der Waals surface area contributed by atoms with Crippen molar-refractivity contribution in [3.63, 3.8) is 0 Å².